The van der Waals surface area contributed by atoms with Crippen molar-refractivity contribution in [1.82, 2.24) is 6.15 Å². The predicted octanol–water partition coefficient (Wildman–Crippen LogP) is -0.969. The molecule has 0 aromatic rings. The van der Waals surface area contributed by atoms with Crippen LogP contribution in [0.2, 0.25) is 0 Å². The van der Waals surface area contributed by atoms with Gasteiger partial charge in [-0.05, 0) is 0 Å². The van der Waals surface area contributed by atoms with E-state index in [1.165, 1.54) is 0 Å². The van der Waals surface area contributed by atoms with Crippen molar-refractivity contribution in [2.75, 3.05) is 13.2 Å². The first-order valence-corrected chi connectivity index (χ1v) is 1.34. The fraction of sp³-hybridized carbons (Fsp3) is 1.00. The van der Waals surface area contributed by atoms with Crippen molar-refractivity contribution >= 4 is 0 Å². The summed E-state index contributed by atoms with van der Waals surface area (Å²) >= 11 is 0. The standard InChI is InChI=1S/C2H7NO2.H3N/c3-5-2-1-4;/h4H,1-3H2;1H3. The van der Waals surface area contributed by atoms with Gasteiger partial charge in [0.15, 0.2) is 0 Å². The smallest absolute Gasteiger partial charge is 0.0910 e. The highest BCUT2D eigenvalue weighted by atomic mass is 16.6. The van der Waals surface area contributed by atoms with Gasteiger partial charge in [-0.15, -0.1) is 0 Å². The van der Waals surface area contributed by atoms with E-state index in [0.717, 1.165) is 0 Å². The summed E-state index contributed by atoms with van der Waals surface area (Å²) in [7, 11) is 0. The first-order chi connectivity index (χ1) is 2.41. The second kappa shape index (κ2) is 8.85. The van der Waals surface area contributed by atoms with Gasteiger partial charge in [-0.25, -0.2) is 5.90 Å². The largest absolute Gasteiger partial charge is 0.394 e. The van der Waals surface area contributed by atoms with E-state index in [1.807, 2.05) is 0 Å². The van der Waals surface area contributed by atoms with Crippen LogP contribution in [0.25, 0.3) is 0 Å². The molecule has 0 aliphatic heterocycles. The van der Waals surface area contributed by atoms with Crippen molar-refractivity contribution in [3.8, 4) is 0 Å². The molecule has 0 fully saturated rings. The average molecular weight is 94.1 g/mol. The molecule has 0 unspecified atom stereocenters. The van der Waals surface area contributed by atoms with Gasteiger partial charge < -0.3 is 16.1 Å². The van der Waals surface area contributed by atoms with Gasteiger partial charge in [0, 0.05) is 0 Å². The molecule has 4 nitrogen and oxygen atoms in total. The lowest BCUT2D eigenvalue weighted by Crippen LogP contribution is -2.03. The van der Waals surface area contributed by atoms with Crippen LogP contribution in [0.3, 0.4) is 0 Å². The van der Waals surface area contributed by atoms with Crippen LogP contribution in [0.15, 0.2) is 0 Å². The minimum Gasteiger partial charge on any atom is -0.394 e. The van der Waals surface area contributed by atoms with Crippen LogP contribution >= 0.6 is 0 Å². The van der Waals surface area contributed by atoms with Gasteiger partial charge in [0.25, 0.3) is 0 Å². The lowest BCUT2D eigenvalue weighted by molar-refractivity contribution is 0.0938. The highest BCUT2D eigenvalue weighted by molar-refractivity contribution is 4.11. The summed E-state index contributed by atoms with van der Waals surface area (Å²) < 4.78 is 0. The summed E-state index contributed by atoms with van der Waals surface area (Å²) in [5.41, 5.74) is 0. The zero-order valence-electron chi connectivity index (χ0n) is 3.55. The van der Waals surface area contributed by atoms with Crippen LogP contribution in [-0.4, -0.2) is 18.3 Å². The van der Waals surface area contributed by atoms with Crippen LogP contribution in [0.1, 0.15) is 0 Å². The maximum absolute atomic E-state index is 7.86. The molecule has 0 aliphatic carbocycles. The van der Waals surface area contributed by atoms with E-state index < -0.39 is 0 Å². The zero-order chi connectivity index (χ0) is 4.12. The van der Waals surface area contributed by atoms with Gasteiger partial charge in [0.2, 0.25) is 0 Å². The Morgan fingerprint density at radius 2 is 2.17 bits per heavy atom. The molecule has 0 aliphatic rings. The number of aliphatic hydroxyl groups excluding tert-OH is 1. The van der Waals surface area contributed by atoms with Crippen LogP contribution in [0.4, 0.5) is 0 Å². The first-order valence-electron chi connectivity index (χ1n) is 1.34. The lowest BCUT2D eigenvalue weighted by atomic mass is 10.8. The molecule has 4 heteroatoms. The van der Waals surface area contributed by atoms with Crippen LogP contribution in [0.5, 0.6) is 0 Å². The van der Waals surface area contributed by atoms with Crippen molar-refractivity contribution < 1.29 is 9.94 Å². The number of hydrogen-bond acceptors (Lipinski definition) is 4. The van der Waals surface area contributed by atoms with Gasteiger partial charge >= 0.3 is 0 Å². The number of rotatable bonds is 2. The van der Waals surface area contributed by atoms with Crippen LogP contribution in [0, 0.1) is 0 Å². The van der Waals surface area contributed by atoms with Gasteiger partial charge in [-0.1, -0.05) is 0 Å². The summed E-state index contributed by atoms with van der Waals surface area (Å²) in [5.74, 6) is 4.48. The fourth-order valence-corrected chi connectivity index (χ4v) is 0.0527. The Morgan fingerprint density at radius 1 is 1.67 bits per heavy atom. The molecule has 0 spiro atoms. The van der Waals surface area contributed by atoms with E-state index >= 15 is 0 Å². The van der Waals surface area contributed by atoms with Gasteiger partial charge in [-0.2, -0.15) is 0 Å². The molecule has 6 N–H and O–H groups in total. The van der Waals surface area contributed by atoms with E-state index in [2.05, 4.69) is 10.7 Å². The third-order valence-electron chi connectivity index (χ3n) is 0.209. The van der Waals surface area contributed by atoms with Crippen molar-refractivity contribution in [3.63, 3.8) is 0 Å². The van der Waals surface area contributed by atoms with Gasteiger partial charge in [0.05, 0.1) is 13.2 Å². The van der Waals surface area contributed by atoms with Gasteiger partial charge in [0.1, 0.15) is 0 Å². The molecular weight excluding hydrogens is 84.0 g/mol. The number of nitrogens with two attached hydrogens (primary N) is 1. The van der Waals surface area contributed by atoms with Crippen LogP contribution < -0.4 is 12.0 Å². The highest BCUT2D eigenvalue weighted by Crippen LogP contribution is 1.51. The van der Waals surface area contributed by atoms with Crippen molar-refractivity contribution in [1.29, 1.82) is 0 Å². The summed E-state index contributed by atoms with van der Waals surface area (Å²) in [4.78, 5) is 3.94. The lowest BCUT2D eigenvalue weighted by Gasteiger charge is -1.83. The Labute approximate surface area is 36.4 Å². The summed E-state index contributed by atoms with van der Waals surface area (Å²) in [6.45, 7) is 0.219. The van der Waals surface area contributed by atoms with E-state index in [4.69, 9.17) is 5.11 Å². The second-order valence-electron chi connectivity index (χ2n) is 0.594. The maximum atomic E-state index is 7.86. The van der Waals surface area contributed by atoms with E-state index in [9.17, 15) is 0 Å². The quantitative estimate of drug-likeness (QED) is 0.384. The summed E-state index contributed by atoms with van der Waals surface area (Å²) in [6.07, 6.45) is 0. The molecule has 6 heavy (non-hydrogen) atoms. The number of hydrogen-bond donors (Lipinski definition) is 3. The van der Waals surface area contributed by atoms with Crippen molar-refractivity contribution in [3.05, 3.63) is 0 Å². The molecule has 0 rings (SSSR count). The molecule has 0 saturated carbocycles. The Morgan fingerprint density at radius 3 is 2.17 bits per heavy atom. The maximum Gasteiger partial charge on any atom is 0.0910 e. The molecule has 0 amide bonds. The second-order valence-corrected chi connectivity index (χ2v) is 0.594. The summed E-state index contributed by atoms with van der Waals surface area (Å²) in [6, 6.07) is 0. The molecular formula is C2H10N2O2. The average Bonchev–Trinajstić information content (AvgIpc) is 1.41. The molecule has 0 atom stereocenters. The molecule has 0 aromatic carbocycles. The Bertz CT molecular complexity index is 17.0. The number of aliphatic hydroxyl groups is 1. The van der Waals surface area contributed by atoms with Crippen molar-refractivity contribution in [2.45, 2.75) is 0 Å². The first kappa shape index (κ1) is 9.28. The minimum atomic E-state index is -0.00347. The molecule has 0 saturated heterocycles. The van der Waals surface area contributed by atoms with Crippen LogP contribution in [-0.2, 0) is 4.84 Å². The highest BCUT2D eigenvalue weighted by Gasteiger charge is 1.68. The molecule has 0 aromatic heterocycles. The Balaban J connectivity index is 0. The monoisotopic (exact) mass is 94.1 g/mol. The molecule has 0 heterocycles. The van der Waals surface area contributed by atoms with Crippen molar-refractivity contribution in [2.24, 2.45) is 5.90 Å². The minimum absolute atomic E-state index is 0. The van der Waals surface area contributed by atoms with E-state index in [0.29, 0.717) is 0 Å². The topological polar surface area (TPSA) is 90.5 Å². The molecule has 0 bridgehead atoms. The van der Waals surface area contributed by atoms with E-state index in [1.54, 1.807) is 0 Å². The third-order valence-corrected chi connectivity index (χ3v) is 0.209. The normalized spacial score (nSPS) is 7.00. The SMILES string of the molecule is N.NOCCO. The van der Waals surface area contributed by atoms with Gasteiger partial charge in [-0.3, -0.25) is 0 Å². The predicted molar refractivity (Wildman–Crippen MR) is 22.2 cm³/mol. The Kier molecular flexibility index (Phi) is 13.7. The summed E-state index contributed by atoms with van der Waals surface area (Å²) in [5, 5.41) is 7.86. The van der Waals surface area contributed by atoms with E-state index in [-0.39, 0.29) is 19.4 Å². The third kappa shape index (κ3) is 9.15. The fourth-order valence-electron chi connectivity index (χ4n) is 0.0527. The molecule has 0 radical (unpaired) electrons. The Hall–Kier alpha value is -0.160. The molecule has 40 valence electrons. The zero-order valence-corrected chi connectivity index (χ0v) is 3.55.